The van der Waals surface area contributed by atoms with Gasteiger partial charge in [-0.25, -0.2) is 4.98 Å². The molecule has 0 saturated heterocycles. The molecule has 0 amide bonds. The Balaban J connectivity index is 2.02. The van der Waals surface area contributed by atoms with Gasteiger partial charge in [-0.15, -0.1) is 0 Å². The van der Waals surface area contributed by atoms with Crippen LogP contribution in [-0.2, 0) is 0 Å². The van der Waals surface area contributed by atoms with Crippen LogP contribution in [0.3, 0.4) is 0 Å². The quantitative estimate of drug-likeness (QED) is 0.742. The van der Waals surface area contributed by atoms with E-state index in [2.05, 4.69) is 4.98 Å². The van der Waals surface area contributed by atoms with Gasteiger partial charge in [0.15, 0.2) is 0 Å². The second-order valence-corrected chi connectivity index (χ2v) is 6.12. The fourth-order valence-corrected chi connectivity index (χ4v) is 3.20. The van der Waals surface area contributed by atoms with Gasteiger partial charge in [0.1, 0.15) is 15.8 Å². The molecule has 0 aliphatic heterocycles. The SMILES string of the molecule is COc1ccc(-c2ncc(-n3cc(C)cc(C)c3=O)s2)cc1. The molecule has 0 radical (unpaired) electrons. The molecule has 2 aromatic heterocycles. The molecule has 112 valence electrons. The lowest BCUT2D eigenvalue weighted by atomic mass is 10.2. The first-order valence-electron chi connectivity index (χ1n) is 6.89. The molecule has 5 heteroatoms. The van der Waals surface area contributed by atoms with Crippen LogP contribution in [0.1, 0.15) is 11.1 Å². The first kappa shape index (κ1) is 14.5. The van der Waals surface area contributed by atoms with Crippen LogP contribution >= 0.6 is 11.3 Å². The molecule has 0 saturated carbocycles. The van der Waals surface area contributed by atoms with Crippen LogP contribution in [0.2, 0.25) is 0 Å². The molecule has 0 unspecified atom stereocenters. The third-order valence-corrected chi connectivity index (χ3v) is 4.45. The van der Waals surface area contributed by atoms with Gasteiger partial charge in [0.05, 0.1) is 13.3 Å². The first-order valence-corrected chi connectivity index (χ1v) is 7.70. The van der Waals surface area contributed by atoms with E-state index in [-0.39, 0.29) is 5.56 Å². The molecule has 2 heterocycles. The molecule has 22 heavy (non-hydrogen) atoms. The summed E-state index contributed by atoms with van der Waals surface area (Å²) in [6.07, 6.45) is 3.59. The number of rotatable bonds is 3. The van der Waals surface area contributed by atoms with Gasteiger partial charge >= 0.3 is 0 Å². The van der Waals surface area contributed by atoms with Crippen LogP contribution in [0, 0.1) is 13.8 Å². The Bertz CT molecular complexity index is 863. The average Bonchev–Trinajstić information content (AvgIpc) is 3.00. The topological polar surface area (TPSA) is 44.1 Å². The number of benzene rings is 1. The van der Waals surface area contributed by atoms with Crippen LogP contribution in [0.5, 0.6) is 5.75 Å². The van der Waals surface area contributed by atoms with Crippen LogP contribution in [0.4, 0.5) is 0 Å². The molecule has 0 aliphatic carbocycles. The largest absolute Gasteiger partial charge is 0.497 e. The summed E-state index contributed by atoms with van der Waals surface area (Å²) < 4.78 is 6.82. The van der Waals surface area contributed by atoms with E-state index in [4.69, 9.17) is 4.74 Å². The summed E-state index contributed by atoms with van der Waals surface area (Å²) in [5, 5.41) is 1.70. The lowest BCUT2D eigenvalue weighted by molar-refractivity contribution is 0.415. The summed E-state index contributed by atoms with van der Waals surface area (Å²) in [6, 6.07) is 9.63. The van der Waals surface area contributed by atoms with Gasteiger partial charge in [-0.05, 0) is 49.7 Å². The van der Waals surface area contributed by atoms with Gasteiger partial charge in [0, 0.05) is 17.3 Å². The molecule has 0 spiro atoms. The lowest BCUT2D eigenvalue weighted by Crippen LogP contribution is -2.19. The van der Waals surface area contributed by atoms with E-state index in [0.717, 1.165) is 32.4 Å². The summed E-state index contributed by atoms with van der Waals surface area (Å²) in [7, 11) is 1.64. The Morgan fingerprint density at radius 3 is 2.59 bits per heavy atom. The van der Waals surface area contributed by atoms with E-state index in [1.54, 1.807) is 17.9 Å². The fourth-order valence-electron chi connectivity index (χ4n) is 2.30. The first-order chi connectivity index (χ1) is 10.6. The minimum Gasteiger partial charge on any atom is -0.497 e. The third kappa shape index (κ3) is 2.67. The third-order valence-electron chi connectivity index (χ3n) is 3.40. The second kappa shape index (κ2) is 5.77. The predicted molar refractivity (Wildman–Crippen MR) is 89.2 cm³/mol. The highest BCUT2D eigenvalue weighted by atomic mass is 32.1. The maximum Gasteiger partial charge on any atom is 0.258 e. The van der Waals surface area contributed by atoms with Crippen molar-refractivity contribution in [3.05, 3.63) is 64.2 Å². The molecule has 3 rings (SSSR count). The summed E-state index contributed by atoms with van der Waals surface area (Å²) >= 11 is 1.50. The van der Waals surface area contributed by atoms with Gasteiger partial charge in [-0.1, -0.05) is 11.3 Å². The maximum absolute atomic E-state index is 12.3. The van der Waals surface area contributed by atoms with E-state index in [1.165, 1.54) is 11.3 Å². The number of hydrogen-bond acceptors (Lipinski definition) is 4. The number of aryl methyl sites for hydroxylation is 2. The van der Waals surface area contributed by atoms with Crippen molar-refractivity contribution < 1.29 is 4.74 Å². The number of thiazole rings is 1. The maximum atomic E-state index is 12.3. The Kier molecular flexibility index (Phi) is 3.81. The van der Waals surface area contributed by atoms with Gasteiger partial charge < -0.3 is 4.74 Å². The number of pyridine rings is 1. The zero-order chi connectivity index (χ0) is 15.7. The highest BCUT2D eigenvalue weighted by Crippen LogP contribution is 2.28. The number of methoxy groups -OCH3 is 1. The minimum atomic E-state index is -0.00414. The second-order valence-electron chi connectivity index (χ2n) is 5.11. The summed E-state index contributed by atoms with van der Waals surface area (Å²) in [5.74, 6) is 0.811. The summed E-state index contributed by atoms with van der Waals surface area (Å²) in [5.41, 5.74) is 2.79. The van der Waals surface area contributed by atoms with Gasteiger partial charge in [-0.2, -0.15) is 0 Å². The van der Waals surface area contributed by atoms with Gasteiger partial charge in [0.2, 0.25) is 0 Å². The van der Waals surface area contributed by atoms with Crippen molar-refractivity contribution in [2.24, 2.45) is 0 Å². The lowest BCUT2D eigenvalue weighted by Gasteiger charge is -2.04. The van der Waals surface area contributed by atoms with Crippen molar-refractivity contribution in [2.45, 2.75) is 13.8 Å². The van der Waals surface area contributed by atoms with Crippen molar-refractivity contribution in [3.63, 3.8) is 0 Å². The van der Waals surface area contributed by atoms with Gasteiger partial charge in [0.25, 0.3) is 5.56 Å². The molecular formula is C17H16N2O2S. The number of ether oxygens (including phenoxy) is 1. The zero-order valence-corrected chi connectivity index (χ0v) is 13.5. The summed E-state index contributed by atoms with van der Waals surface area (Å²) in [4.78, 5) is 16.7. The van der Waals surface area contributed by atoms with E-state index < -0.39 is 0 Å². The zero-order valence-electron chi connectivity index (χ0n) is 12.7. The standard InChI is InChI=1S/C17H16N2O2S/c1-11-8-12(2)17(20)19(10-11)15-9-18-16(22-15)13-4-6-14(21-3)7-5-13/h4-10H,1-3H3. The van der Waals surface area contributed by atoms with E-state index in [1.807, 2.05) is 50.4 Å². The molecule has 0 N–H and O–H groups in total. The van der Waals surface area contributed by atoms with E-state index in [0.29, 0.717) is 0 Å². The molecule has 0 bridgehead atoms. The number of nitrogens with zero attached hydrogens (tertiary/aromatic N) is 2. The van der Waals surface area contributed by atoms with Crippen LogP contribution in [0.15, 0.2) is 47.5 Å². The van der Waals surface area contributed by atoms with Crippen molar-refractivity contribution in [1.29, 1.82) is 0 Å². The Morgan fingerprint density at radius 1 is 1.18 bits per heavy atom. The van der Waals surface area contributed by atoms with E-state index >= 15 is 0 Å². The van der Waals surface area contributed by atoms with Crippen LogP contribution in [-0.4, -0.2) is 16.7 Å². The average molecular weight is 312 g/mol. The Labute approximate surface area is 132 Å². The van der Waals surface area contributed by atoms with Crippen molar-refractivity contribution >= 4 is 11.3 Å². The molecule has 1 aromatic carbocycles. The summed E-state index contributed by atoms with van der Waals surface area (Å²) in [6.45, 7) is 3.81. The van der Waals surface area contributed by atoms with Crippen molar-refractivity contribution in [1.82, 2.24) is 9.55 Å². The highest BCUT2D eigenvalue weighted by molar-refractivity contribution is 7.17. The van der Waals surface area contributed by atoms with Gasteiger partial charge in [-0.3, -0.25) is 9.36 Å². The van der Waals surface area contributed by atoms with Crippen LogP contribution in [0.25, 0.3) is 15.6 Å². The van der Waals surface area contributed by atoms with Crippen LogP contribution < -0.4 is 10.3 Å². The molecular weight excluding hydrogens is 296 g/mol. The predicted octanol–water partition coefficient (Wildman–Crippen LogP) is 3.59. The van der Waals surface area contributed by atoms with E-state index in [9.17, 15) is 4.79 Å². The number of hydrogen-bond donors (Lipinski definition) is 0. The Morgan fingerprint density at radius 2 is 1.91 bits per heavy atom. The number of aromatic nitrogens is 2. The fraction of sp³-hybridized carbons (Fsp3) is 0.176. The Hall–Kier alpha value is -2.40. The monoisotopic (exact) mass is 312 g/mol. The minimum absolute atomic E-state index is 0.00414. The smallest absolute Gasteiger partial charge is 0.258 e. The molecule has 0 atom stereocenters. The molecule has 0 fully saturated rings. The van der Waals surface area contributed by atoms with Crippen molar-refractivity contribution in [3.8, 4) is 21.3 Å². The molecule has 3 aromatic rings. The normalized spacial score (nSPS) is 10.7. The molecule has 4 nitrogen and oxygen atoms in total. The molecule has 0 aliphatic rings. The van der Waals surface area contributed by atoms with Crippen molar-refractivity contribution in [2.75, 3.05) is 7.11 Å². The highest BCUT2D eigenvalue weighted by Gasteiger charge is 2.09.